The summed E-state index contributed by atoms with van der Waals surface area (Å²) < 4.78 is 2.27. The van der Waals surface area contributed by atoms with E-state index in [9.17, 15) is 0 Å². The van der Waals surface area contributed by atoms with E-state index in [1.54, 1.807) is 0 Å². The van der Waals surface area contributed by atoms with E-state index >= 15 is 0 Å². The maximum Gasteiger partial charge on any atom is 0.145 e. The normalized spacial score (nSPS) is 13.7. The number of aromatic nitrogens is 2. The molecule has 0 bridgehead atoms. The van der Waals surface area contributed by atoms with Crippen LogP contribution in [0, 0.1) is 0 Å². The van der Waals surface area contributed by atoms with Crippen molar-refractivity contribution in [2.75, 3.05) is 0 Å². The Morgan fingerprint density at radius 2 is 1.20 bits per heavy atom. The fourth-order valence-corrected chi connectivity index (χ4v) is 7.41. The number of imidazole rings is 1. The minimum absolute atomic E-state index is 0.956. The van der Waals surface area contributed by atoms with Crippen LogP contribution in [0.1, 0.15) is 30.4 Å². The van der Waals surface area contributed by atoms with Crippen LogP contribution in [-0.2, 0) is 6.42 Å². The molecule has 0 atom stereocenters. The Hall–Kier alpha value is -5.47. The van der Waals surface area contributed by atoms with Crippen LogP contribution in [-0.4, -0.2) is 9.55 Å². The molecule has 214 valence electrons. The minimum atomic E-state index is 0.956. The summed E-state index contributed by atoms with van der Waals surface area (Å²) in [6, 6.07) is 44.1. The van der Waals surface area contributed by atoms with Crippen molar-refractivity contribution in [3.63, 3.8) is 0 Å². The molecule has 2 aliphatic rings. The number of nitrogens with zero attached hydrogens (tertiary/aromatic N) is 2. The van der Waals surface area contributed by atoms with Crippen molar-refractivity contribution in [1.82, 2.24) is 9.55 Å². The Labute approximate surface area is 263 Å². The van der Waals surface area contributed by atoms with Gasteiger partial charge in [-0.25, -0.2) is 4.98 Å². The largest absolute Gasteiger partial charge is 0.292 e. The number of allylic oxidation sites excluding steroid dienone is 1. The van der Waals surface area contributed by atoms with Gasteiger partial charge in [0, 0.05) is 11.3 Å². The van der Waals surface area contributed by atoms with Gasteiger partial charge in [-0.05, 0) is 111 Å². The first-order valence-corrected chi connectivity index (χ1v) is 16.0. The van der Waals surface area contributed by atoms with E-state index in [2.05, 4.69) is 150 Å². The van der Waals surface area contributed by atoms with Gasteiger partial charge in [0.2, 0.25) is 0 Å². The molecule has 45 heavy (non-hydrogen) atoms. The molecule has 0 saturated heterocycles. The number of fused-ring (bicyclic) bond motifs is 4. The smallest absolute Gasteiger partial charge is 0.145 e. The second-order valence-electron chi connectivity index (χ2n) is 12.1. The standard InChI is InChI=1S/C43H32N2/c1-2-14-34(15-3-1)45-40-21-11-10-20-39(40)44-43(45)31-25-23-30(24-26-31)41-35-16-6-8-18-37(35)42(38-19-9-7-17-36(38)41)33-27-22-29-12-4-5-13-32(29)28-33/h1-3,5-6,8,10-11,13-28H,4,7,9,12H2. The number of hydrogen-bond acceptors (Lipinski definition) is 1. The predicted molar refractivity (Wildman–Crippen MR) is 190 cm³/mol. The summed E-state index contributed by atoms with van der Waals surface area (Å²) in [5, 5.41) is 5.33. The highest BCUT2D eigenvalue weighted by Crippen LogP contribution is 2.35. The Balaban J connectivity index is 1.24. The van der Waals surface area contributed by atoms with E-state index < -0.39 is 0 Å². The zero-order valence-corrected chi connectivity index (χ0v) is 25.1. The molecular weight excluding hydrogens is 544 g/mol. The maximum absolute atomic E-state index is 5.10. The summed E-state index contributed by atoms with van der Waals surface area (Å²) in [5.41, 5.74) is 12.4. The van der Waals surface area contributed by atoms with E-state index in [1.807, 2.05) is 0 Å². The van der Waals surface area contributed by atoms with E-state index in [4.69, 9.17) is 4.98 Å². The molecule has 6 aromatic carbocycles. The summed E-state index contributed by atoms with van der Waals surface area (Å²) in [7, 11) is 0. The highest BCUT2D eigenvalue weighted by Gasteiger charge is 2.18. The summed E-state index contributed by atoms with van der Waals surface area (Å²) in [6.45, 7) is 0. The molecule has 0 fully saturated rings. The molecule has 2 heteroatoms. The lowest BCUT2D eigenvalue weighted by Gasteiger charge is -2.19. The summed E-state index contributed by atoms with van der Waals surface area (Å²) >= 11 is 0. The lowest BCUT2D eigenvalue weighted by atomic mass is 9.85. The van der Waals surface area contributed by atoms with Gasteiger partial charge < -0.3 is 0 Å². The number of aryl methyl sites for hydroxylation is 1. The molecule has 2 nitrogen and oxygen atoms in total. The van der Waals surface area contributed by atoms with Crippen molar-refractivity contribution in [3.8, 4) is 39.3 Å². The summed E-state index contributed by atoms with van der Waals surface area (Å²) in [4.78, 5) is 5.10. The van der Waals surface area contributed by atoms with Gasteiger partial charge in [0.05, 0.1) is 11.0 Å². The average Bonchev–Trinajstić information content (AvgIpc) is 3.50. The Morgan fingerprint density at radius 3 is 1.98 bits per heavy atom. The topological polar surface area (TPSA) is 17.8 Å². The molecule has 0 radical (unpaired) electrons. The van der Waals surface area contributed by atoms with Gasteiger partial charge >= 0.3 is 0 Å². The van der Waals surface area contributed by atoms with E-state index in [1.165, 1.54) is 54.6 Å². The quantitative estimate of drug-likeness (QED) is 0.204. The second kappa shape index (κ2) is 10.6. The monoisotopic (exact) mass is 576 g/mol. The fraction of sp³-hybridized carbons (Fsp3) is 0.0930. The van der Waals surface area contributed by atoms with Gasteiger partial charge in [-0.2, -0.15) is 0 Å². The molecule has 0 unspecified atom stereocenters. The maximum atomic E-state index is 5.10. The Kier molecular flexibility index (Phi) is 6.12. The average molecular weight is 577 g/mol. The molecule has 0 N–H and O–H groups in total. The Bertz CT molecular complexity index is 2410. The van der Waals surface area contributed by atoms with E-state index in [0.717, 1.165) is 53.8 Å². The van der Waals surface area contributed by atoms with Gasteiger partial charge in [-0.1, -0.05) is 115 Å². The highest BCUT2D eigenvalue weighted by atomic mass is 15.1. The lowest BCUT2D eigenvalue weighted by Crippen LogP contribution is -2.31. The summed E-state index contributed by atoms with van der Waals surface area (Å²) in [5.74, 6) is 0.956. The molecule has 0 aliphatic heterocycles. The molecule has 1 aromatic heterocycles. The number of hydrogen-bond donors (Lipinski definition) is 0. The fourth-order valence-electron chi connectivity index (χ4n) is 7.41. The first-order valence-electron chi connectivity index (χ1n) is 16.0. The third kappa shape index (κ3) is 4.29. The molecule has 0 spiro atoms. The summed E-state index contributed by atoms with van der Waals surface area (Å²) in [6.07, 6.45) is 13.9. The predicted octanol–water partition coefficient (Wildman–Crippen LogP) is 9.49. The van der Waals surface area contributed by atoms with Gasteiger partial charge in [0.25, 0.3) is 0 Å². The minimum Gasteiger partial charge on any atom is -0.292 e. The molecular formula is C43H32N2. The van der Waals surface area contributed by atoms with Crippen molar-refractivity contribution >= 4 is 40.0 Å². The highest BCUT2D eigenvalue weighted by molar-refractivity contribution is 6.06. The third-order valence-electron chi connectivity index (χ3n) is 9.48. The number of para-hydroxylation sites is 3. The SMILES string of the molecule is C1=Cc2cc(-c3c4c(c(-c5ccc(-c6nc7ccccc7n6-c6ccccc6)cc5)c5ccccc35)=CCCC=4)ccc2CC1. The van der Waals surface area contributed by atoms with E-state index in [-0.39, 0.29) is 0 Å². The van der Waals surface area contributed by atoms with Gasteiger partial charge in [0.15, 0.2) is 0 Å². The van der Waals surface area contributed by atoms with Crippen LogP contribution < -0.4 is 10.4 Å². The number of rotatable bonds is 4. The molecule has 9 rings (SSSR count). The van der Waals surface area contributed by atoms with Crippen LogP contribution in [0.15, 0.2) is 127 Å². The lowest BCUT2D eigenvalue weighted by molar-refractivity contribution is 0.986. The van der Waals surface area contributed by atoms with Gasteiger partial charge in [0.1, 0.15) is 5.82 Å². The second-order valence-corrected chi connectivity index (χ2v) is 12.1. The molecule has 0 amide bonds. The Morgan fingerprint density at radius 1 is 0.556 bits per heavy atom. The van der Waals surface area contributed by atoms with Crippen molar-refractivity contribution in [2.24, 2.45) is 0 Å². The van der Waals surface area contributed by atoms with Crippen LogP contribution in [0.25, 0.3) is 79.4 Å². The first kappa shape index (κ1) is 26.0. The number of benzene rings is 6. The molecule has 1 heterocycles. The third-order valence-corrected chi connectivity index (χ3v) is 9.48. The van der Waals surface area contributed by atoms with Crippen LogP contribution in [0.4, 0.5) is 0 Å². The van der Waals surface area contributed by atoms with E-state index in [0.29, 0.717) is 0 Å². The van der Waals surface area contributed by atoms with Gasteiger partial charge in [-0.3, -0.25) is 4.57 Å². The van der Waals surface area contributed by atoms with Crippen LogP contribution >= 0.6 is 0 Å². The first-order chi connectivity index (χ1) is 22.3. The van der Waals surface area contributed by atoms with Crippen molar-refractivity contribution in [1.29, 1.82) is 0 Å². The van der Waals surface area contributed by atoms with Crippen molar-refractivity contribution < 1.29 is 0 Å². The van der Waals surface area contributed by atoms with Crippen LogP contribution in [0.2, 0.25) is 0 Å². The molecule has 7 aromatic rings. The van der Waals surface area contributed by atoms with Crippen molar-refractivity contribution in [2.45, 2.75) is 25.7 Å². The van der Waals surface area contributed by atoms with Crippen LogP contribution in [0.3, 0.4) is 0 Å². The van der Waals surface area contributed by atoms with Crippen molar-refractivity contribution in [3.05, 3.63) is 149 Å². The zero-order chi connectivity index (χ0) is 29.7. The van der Waals surface area contributed by atoms with Crippen LogP contribution in [0.5, 0.6) is 0 Å². The molecule has 0 saturated carbocycles. The zero-order valence-electron chi connectivity index (χ0n) is 25.1. The molecule has 2 aliphatic carbocycles. The van der Waals surface area contributed by atoms with Gasteiger partial charge in [-0.15, -0.1) is 0 Å².